The quantitative estimate of drug-likeness (QED) is 0.767. The Hall–Kier alpha value is -2.28. The number of pyridine rings is 1. The highest BCUT2D eigenvalue weighted by Gasteiger charge is 2.29. The second-order valence-electron chi connectivity index (χ2n) is 5.99. The average molecular weight is 359 g/mol. The Morgan fingerprint density at radius 3 is 3.08 bits per heavy atom. The number of carbonyl (C=O) groups excluding carboxylic acids is 2. The smallest absolute Gasteiger partial charge is 0.310 e. The van der Waals surface area contributed by atoms with Crippen LogP contribution >= 0.6 is 11.3 Å². The molecule has 1 aliphatic rings. The Bertz CT molecular complexity index is 732. The van der Waals surface area contributed by atoms with Gasteiger partial charge in [0.2, 0.25) is 5.91 Å². The minimum Gasteiger partial charge on any atom is -0.466 e. The van der Waals surface area contributed by atoms with E-state index < -0.39 is 0 Å². The molecular weight excluding hydrogens is 338 g/mol. The zero-order valence-electron chi connectivity index (χ0n) is 14.2. The summed E-state index contributed by atoms with van der Waals surface area (Å²) in [6.07, 6.45) is 5.35. The topological polar surface area (TPSA) is 72.4 Å². The van der Waals surface area contributed by atoms with E-state index in [2.05, 4.69) is 9.97 Å². The molecule has 1 aliphatic heterocycles. The number of ether oxygens (including phenoxy) is 1. The van der Waals surface area contributed by atoms with Crippen molar-refractivity contribution < 1.29 is 14.3 Å². The molecule has 1 unspecified atom stereocenters. The summed E-state index contributed by atoms with van der Waals surface area (Å²) in [4.78, 5) is 34.9. The molecule has 132 valence electrons. The molecule has 0 N–H and O–H groups in total. The number of thiazole rings is 1. The van der Waals surface area contributed by atoms with Crippen LogP contribution in [0.25, 0.3) is 10.6 Å². The van der Waals surface area contributed by atoms with Crippen molar-refractivity contribution in [1.29, 1.82) is 0 Å². The largest absolute Gasteiger partial charge is 0.466 e. The van der Waals surface area contributed by atoms with Crippen LogP contribution in [-0.2, 0) is 20.7 Å². The molecule has 2 aromatic rings. The lowest BCUT2D eigenvalue weighted by molar-refractivity contribution is -0.151. The van der Waals surface area contributed by atoms with Gasteiger partial charge in [0, 0.05) is 36.4 Å². The van der Waals surface area contributed by atoms with E-state index >= 15 is 0 Å². The summed E-state index contributed by atoms with van der Waals surface area (Å²) in [6, 6.07) is 3.82. The second-order valence-corrected chi connectivity index (χ2v) is 6.85. The van der Waals surface area contributed by atoms with Crippen molar-refractivity contribution in [3.63, 3.8) is 0 Å². The van der Waals surface area contributed by atoms with Gasteiger partial charge in [0.15, 0.2) is 0 Å². The first kappa shape index (κ1) is 17.5. The number of hydrogen-bond acceptors (Lipinski definition) is 6. The number of rotatable bonds is 5. The lowest BCUT2D eigenvalue weighted by Gasteiger charge is -2.31. The highest BCUT2D eigenvalue weighted by Crippen LogP contribution is 2.24. The molecule has 25 heavy (non-hydrogen) atoms. The van der Waals surface area contributed by atoms with Crippen molar-refractivity contribution in [3.05, 3.63) is 35.6 Å². The molecule has 7 heteroatoms. The normalized spacial score (nSPS) is 17.3. The predicted molar refractivity (Wildman–Crippen MR) is 95.0 cm³/mol. The van der Waals surface area contributed by atoms with E-state index in [1.807, 2.05) is 17.5 Å². The van der Waals surface area contributed by atoms with Crippen molar-refractivity contribution in [2.24, 2.45) is 5.92 Å². The lowest BCUT2D eigenvalue weighted by Crippen LogP contribution is -2.43. The van der Waals surface area contributed by atoms with E-state index in [4.69, 9.17) is 4.74 Å². The molecule has 1 amide bonds. The van der Waals surface area contributed by atoms with Crippen LogP contribution in [0.15, 0.2) is 29.9 Å². The Morgan fingerprint density at radius 1 is 1.44 bits per heavy atom. The van der Waals surface area contributed by atoms with Crippen LogP contribution in [0.5, 0.6) is 0 Å². The first-order chi connectivity index (χ1) is 12.2. The maximum Gasteiger partial charge on any atom is 0.310 e. The van der Waals surface area contributed by atoms with Gasteiger partial charge in [-0.25, -0.2) is 4.98 Å². The maximum atomic E-state index is 12.6. The number of hydrogen-bond donors (Lipinski definition) is 0. The second kappa shape index (κ2) is 8.20. The van der Waals surface area contributed by atoms with Gasteiger partial charge in [-0.3, -0.25) is 14.6 Å². The molecule has 3 heterocycles. The van der Waals surface area contributed by atoms with Crippen LogP contribution in [0.3, 0.4) is 0 Å². The molecule has 6 nitrogen and oxygen atoms in total. The van der Waals surface area contributed by atoms with Gasteiger partial charge in [-0.05, 0) is 31.9 Å². The van der Waals surface area contributed by atoms with Gasteiger partial charge in [-0.1, -0.05) is 0 Å². The number of amides is 1. The Morgan fingerprint density at radius 2 is 2.32 bits per heavy atom. The lowest BCUT2D eigenvalue weighted by atomic mass is 9.98. The van der Waals surface area contributed by atoms with E-state index in [0.29, 0.717) is 19.7 Å². The zero-order chi connectivity index (χ0) is 17.6. The van der Waals surface area contributed by atoms with Crippen LogP contribution in [0.4, 0.5) is 0 Å². The van der Waals surface area contributed by atoms with Gasteiger partial charge in [-0.15, -0.1) is 11.3 Å². The van der Waals surface area contributed by atoms with Crippen LogP contribution in [-0.4, -0.2) is 46.4 Å². The maximum absolute atomic E-state index is 12.6. The Kier molecular flexibility index (Phi) is 5.75. The van der Waals surface area contributed by atoms with Gasteiger partial charge in [0.1, 0.15) is 5.01 Å². The van der Waals surface area contributed by atoms with E-state index in [9.17, 15) is 9.59 Å². The van der Waals surface area contributed by atoms with Crippen LogP contribution in [0.1, 0.15) is 25.5 Å². The highest BCUT2D eigenvalue weighted by molar-refractivity contribution is 7.13. The summed E-state index contributed by atoms with van der Waals surface area (Å²) < 4.78 is 5.09. The molecule has 0 spiro atoms. The molecule has 2 aromatic heterocycles. The van der Waals surface area contributed by atoms with Crippen LogP contribution < -0.4 is 0 Å². The molecule has 0 radical (unpaired) electrons. The minimum absolute atomic E-state index is 0.0111. The van der Waals surface area contributed by atoms with E-state index in [-0.39, 0.29) is 24.2 Å². The molecule has 1 fully saturated rings. The SMILES string of the molecule is CCOC(=O)C1CCCN(C(=O)Cc2csc(-c3cccnc3)n2)C1. The standard InChI is InChI=1S/C18H21N3O3S/c1-2-24-18(23)14-6-4-8-21(11-14)16(22)9-15-12-25-17(20-15)13-5-3-7-19-10-13/h3,5,7,10,12,14H,2,4,6,8-9,11H2,1H3. The Balaban J connectivity index is 1.60. The molecule has 0 bridgehead atoms. The van der Waals surface area contributed by atoms with Crippen molar-refractivity contribution in [1.82, 2.24) is 14.9 Å². The van der Waals surface area contributed by atoms with Crippen molar-refractivity contribution in [3.8, 4) is 10.6 Å². The van der Waals surface area contributed by atoms with Crippen molar-refractivity contribution in [2.75, 3.05) is 19.7 Å². The molecule has 0 aromatic carbocycles. The summed E-state index contributed by atoms with van der Waals surface area (Å²) in [5, 5.41) is 2.77. The monoisotopic (exact) mass is 359 g/mol. The summed E-state index contributed by atoms with van der Waals surface area (Å²) in [5.74, 6) is -0.399. The van der Waals surface area contributed by atoms with Crippen LogP contribution in [0, 0.1) is 5.92 Å². The summed E-state index contributed by atoms with van der Waals surface area (Å²) in [5.41, 5.74) is 1.71. The van der Waals surface area contributed by atoms with Gasteiger partial charge in [0.05, 0.1) is 24.6 Å². The van der Waals surface area contributed by atoms with E-state index in [1.165, 1.54) is 11.3 Å². The fourth-order valence-electron chi connectivity index (χ4n) is 2.93. The van der Waals surface area contributed by atoms with Crippen molar-refractivity contribution >= 4 is 23.2 Å². The first-order valence-electron chi connectivity index (χ1n) is 8.46. The molecule has 0 aliphatic carbocycles. The fraction of sp³-hybridized carbons (Fsp3) is 0.444. The number of carbonyl (C=O) groups is 2. The van der Waals surface area contributed by atoms with Gasteiger partial charge >= 0.3 is 5.97 Å². The number of aromatic nitrogens is 2. The predicted octanol–water partition coefficient (Wildman–Crippen LogP) is 2.55. The molecule has 1 saturated heterocycles. The van der Waals surface area contributed by atoms with Crippen molar-refractivity contribution in [2.45, 2.75) is 26.2 Å². The molecule has 3 rings (SSSR count). The van der Waals surface area contributed by atoms with E-state index in [1.54, 1.807) is 24.2 Å². The minimum atomic E-state index is -0.209. The zero-order valence-corrected chi connectivity index (χ0v) is 15.0. The average Bonchev–Trinajstić information content (AvgIpc) is 3.11. The number of piperidine rings is 1. The third-order valence-electron chi connectivity index (χ3n) is 4.19. The van der Waals surface area contributed by atoms with E-state index in [0.717, 1.165) is 29.1 Å². The molecular formula is C18H21N3O3S. The summed E-state index contributed by atoms with van der Waals surface area (Å²) >= 11 is 1.51. The molecule has 0 saturated carbocycles. The number of nitrogens with zero attached hydrogens (tertiary/aromatic N) is 3. The summed E-state index contributed by atoms with van der Waals surface area (Å²) in [6.45, 7) is 3.30. The highest BCUT2D eigenvalue weighted by atomic mass is 32.1. The third-order valence-corrected chi connectivity index (χ3v) is 5.13. The first-order valence-corrected chi connectivity index (χ1v) is 9.34. The number of likely N-dealkylation sites (tertiary alicyclic amines) is 1. The molecule has 1 atom stereocenters. The van der Waals surface area contributed by atoms with Gasteiger partial charge < -0.3 is 9.64 Å². The fourth-order valence-corrected chi connectivity index (χ4v) is 3.74. The number of esters is 1. The van der Waals surface area contributed by atoms with Gasteiger partial charge in [0.25, 0.3) is 0 Å². The van der Waals surface area contributed by atoms with Crippen LogP contribution in [0.2, 0.25) is 0 Å². The third kappa shape index (κ3) is 4.42. The Labute approximate surface area is 150 Å². The van der Waals surface area contributed by atoms with Gasteiger partial charge in [-0.2, -0.15) is 0 Å². The summed E-state index contributed by atoms with van der Waals surface area (Å²) in [7, 11) is 0.